The van der Waals surface area contributed by atoms with Gasteiger partial charge in [-0.25, -0.2) is 14.3 Å². The molecule has 0 unspecified atom stereocenters. The Morgan fingerprint density at radius 2 is 1.90 bits per heavy atom. The first-order chi connectivity index (χ1) is 15.0. The number of ether oxygens (including phenoxy) is 1. The van der Waals surface area contributed by atoms with Crippen LogP contribution >= 0.6 is 0 Å². The van der Waals surface area contributed by atoms with Crippen LogP contribution in [-0.2, 0) is 6.54 Å². The number of benzene rings is 2. The summed E-state index contributed by atoms with van der Waals surface area (Å²) < 4.78 is 20.0. The molecule has 1 aliphatic heterocycles. The molecule has 7 nitrogen and oxygen atoms in total. The Bertz CT molecular complexity index is 1130. The van der Waals surface area contributed by atoms with Crippen LogP contribution in [0.5, 0.6) is 5.75 Å². The van der Waals surface area contributed by atoms with Crippen LogP contribution in [0.2, 0.25) is 0 Å². The van der Waals surface area contributed by atoms with E-state index in [2.05, 4.69) is 10.2 Å². The van der Waals surface area contributed by atoms with Crippen LogP contribution < -0.4 is 10.4 Å². The van der Waals surface area contributed by atoms with E-state index in [1.54, 1.807) is 35.9 Å². The lowest BCUT2D eigenvalue weighted by molar-refractivity contribution is 0.0709. The number of aromatic amines is 1. The van der Waals surface area contributed by atoms with Crippen LogP contribution in [0.1, 0.15) is 46.1 Å². The van der Waals surface area contributed by atoms with Crippen LogP contribution in [0.3, 0.4) is 0 Å². The maximum absolute atomic E-state index is 13.2. The third-order valence-electron chi connectivity index (χ3n) is 5.85. The highest BCUT2D eigenvalue weighted by atomic mass is 19.1. The largest absolute Gasteiger partial charge is 0.497 e. The third kappa shape index (κ3) is 4.38. The van der Waals surface area contributed by atoms with E-state index in [0.29, 0.717) is 43.9 Å². The predicted molar refractivity (Wildman–Crippen MR) is 114 cm³/mol. The molecule has 31 heavy (non-hydrogen) atoms. The van der Waals surface area contributed by atoms with Gasteiger partial charge >= 0.3 is 5.69 Å². The van der Waals surface area contributed by atoms with Gasteiger partial charge in [0.25, 0.3) is 5.91 Å². The molecule has 4 rings (SSSR count). The van der Waals surface area contributed by atoms with Gasteiger partial charge in [0.1, 0.15) is 17.4 Å². The molecule has 2 aromatic carbocycles. The summed E-state index contributed by atoms with van der Waals surface area (Å²) in [4.78, 5) is 27.1. The molecule has 2 heterocycles. The highest BCUT2D eigenvalue weighted by Crippen LogP contribution is 2.28. The molecule has 0 saturated carbocycles. The minimum atomic E-state index is -0.312. The predicted octanol–water partition coefficient (Wildman–Crippen LogP) is 3.10. The van der Waals surface area contributed by atoms with Crippen molar-refractivity contribution in [3.05, 3.63) is 81.3 Å². The van der Waals surface area contributed by atoms with Crippen molar-refractivity contribution >= 4 is 5.91 Å². The van der Waals surface area contributed by atoms with Crippen LogP contribution in [0.15, 0.2) is 47.3 Å². The van der Waals surface area contributed by atoms with E-state index in [4.69, 9.17) is 4.74 Å². The lowest BCUT2D eigenvalue weighted by atomic mass is 9.95. The molecule has 162 valence electrons. The molecular formula is C23H25FN4O3. The number of rotatable bonds is 5. The summed E-state index contributed by atoms with van der Waals surface area (Å²) in [5, 5.41) is 6.78. The molecule has 0 spiro atoms. The van der Waals surface area contributed by atoms with Gasteiger partial charge in [0, 0.05) is 24.6 Å². The highest BCUT2D eigenvalue weighted by molar-refractivity contribution is 5.95. The number of amides is 1. The number of nitrogens with zero attached hydrogens (tertiary/aromatic N) is 3. The molecule has 1 saturated heterocycles. The summed E-state index contributed by atoms with van der Waals surface area (Å²) in [6, 6.07) is 11.5. The van der Waals surface area contributed by atoms with Crippen LogP contribution in [0, 0.1) is 12.7 Å². The van der Waals surface area contributed by atoms with Crippen molar-refractivity contribution in [2.45, 2.75) is 32.2 Å². The van der Waals surface area contributed by atoms with Gasteiger partial charge in [0.15, 0.2) is 0 Å². The zero-order valence-corrected chi connectivity index (χ0v) is 17.6. The summed E-state index contributed by atoms with van der Waals surface area (Å²) >= 11 is 0. The average Bonchev–Trinajstić information content (AvgIpc) is 3.15. The first kappa shape index (κ1) is 20.8. The van der Waals surface area contributed by atoms with Crippen LogP contribution in [0.4, 0.5) is 4.39 Å². The Morgan fingerprint density at radius 1 is 1.19 bits per heavy atom. The minimum Gasteiger partial charge on any atom is -0.497 e. The maximum Gasteiger partial charge on any atom is 0.343 e. The second-order valence-electron chi connectivity index (χ2n) is 7.85. The molecule has 3 aromatic rings. The Balaban J connectivity index is 1.45. The standard InChI is InChI=1S/C23H25FN4O3/c1-15-13-19(31-2)7-8-20(15)22(29)27-11-9-17(10-12-27)21-25-26-23(30)28(21)14-16-3-5-18(24)6-4-16/h3-8,13,17H,9-12,14H2,1-2H3,(H,26,30). The van der Waals surface area contributed by atoms with Gasteiger partial charge in [-0.2, -0.15) is 5.10 Å². The number of aryl methyl sites for hydroxylation is 1. The highest BCUT2D eigenvalue weighted by Gasteiger charge is 2.28. The lowest BCUT2D eigenvalue weighted by Crippen LogP contribution is -2.39. The molecule has 0 radical (unpaired) electrons. The molecule has 1 fully saturated rings. The van der Waals surface area contributed by atoms with Crippen molar-refractivity contribution < 1.29 is 13.9 Å². The van der Waals surface area contributed by atoms with E-state index < -0.39 is 0 Å². The van der Waals surface area contributed by atoms with Crippen molar-refractivity contribution in [3.63, 3.8) is 0 Å². The first-order valence-electron chi connectivity index (χ1n) is 10.3. The Kier molecular flexibility index (Phi) is 5.88. The SMILES string of the molecule is COc1ccc(C(=O)N2CCC(c3n[nH]c(=O)n3Cc3ccc(F)cc3)CC2)c(C)c1. The quantitative estimate of drug-likeness (QED) is 0.683. The fraction of sp³-hybridized carbons (Fsp3) is 0.348. The molecule has 8 heteroatoms. The fourth-order valence-electron chi connectivity index (χ4n) is 4.08. The number of hydrogen-bond acceptors (Lipinski definition) is 4. The first-order valence-corrected chi connectivity index (χ1v) is 10.3. The number of nitrogens with one attached hydrogen (secondary N) is 1. The minimum absolute atomic E-state index is 0.00401. The zero-order valence-electron chi connectivity index (χ0n) is 17.6. The van der Waals surface area contributed by atoms with E-state index in [-0.39, 0.29) is 23.3 Å². The van der Waals surface area contributed by atoms with Gasteiger partial charge in [-0.1, -0.05) is 12.1 Å². The summed E-state index contributed by atoms with van der Waals surface area (Å²) in [5.74, 6) is 1.17. The Labute approximate surface area is 179 Å². The van der Waals surface area contributed by atoms with Crippen molar-refractivity contribution in [3.8, 4) is 5.75 Å². The van der Waals surface area contributed by atoms with Gasteiger partial charge in [-0.05, 0) is 61.2 Å². The maximum atomic E-state index is 13.2. The molecule has 0 aliphatic carbocycles. The van der Waals surface area contributed by atoms with E-state index in [0.717, 1.165) is 16.9 Å². The molecule has 1 aliphatic rings. The fourth-order valence-corrected chi connectivity index (χ4v) is 4.08. The molecular weight excluding hydrogens is 399 g/mol. The van der Waals surface area contributed by atoms with Gasteiger partial charge in [-0.15, -0.1) is 0 Å². The zero-order chi connectivity index (χ0) is 22.0. The van der Waals surface area contributed by atoms with E-state index >= 15 is 0 Å². The van der Waals surface area contributed by atoms with E-state index in [9.17, 15) is 14.0 Å². The van der Waals surface area contributed by atoms with Gasteiger partial charge < -0.3 is 9.64 Å². The van der Waals surface area contributed by atoms with Crippen LogP contribution in [-0.4, -0.2) is 45.8 Å². The van der Waals surface area contributed by atoms with Crippen molar-refractivity contribution in [2.75, 3.05) is 20.2 Å². The molecule has 1 N–H and O–H groups in total. The number of hydrogen-bond donors (Lipinski definition) is 1. The number of methoxy groups -OCH3 is 1. The Morgan fingerprint density at radius 3 is 2.55 bits per heavy atom. The topological polar surface area (TPSA) is 80.2 Å². The summed E-state index contributed by atoms with van der Waals surface area (Å²) in [6.45, 7) is 3.41. The Hall–Kier alpha value is -3.42. The second kappa shape index (κ2) is 8.75. The molecule has 0 atom stereocenters. The normalized spacial score (nSPS) is 14.6. The van der Waals surface area contributed by atoms with Gasteiger partial charge in [0.2, 0.25) is 0 Å². The van der Waals surface area contributed by atoms with Crippen LogP contribution in [0.25, 0.3) is 0 Å². The second-order valence-corrected chi connectivity index (χ2v) is 7.85. The lowest BCUT2D eigenvalue weighted by Gasteiger charge is -2.32. The number of halogens is 1. The molecule has 0 bridgehead atoms. The van der Waals surface area contributed by atoms with Gasteiger partial charge in [-0.3, -0.25) is 9.36 Å². The van der Waals surface area contributed by atoms with E-state index in [1.165, 1.54) is 12.1 Å². The average molecular weight is 424 g/mol. The van der Waals surface area contributed by atoms with Crippen molar-refractivity contribution in [2.24, 2.45) is 0 Å². The summed E-state index contributed by atoms with van der Waals surface area (Å²) in [7, 11) is 1.60. The number of carbonyl (C=O) groups excluding carboxylic acids is 1. The van der Waals surface area contributed by atoms with E-state index in [1.807, 2.05) is 17.9 Å². The summed E-state index contributed by atoms with van der Waals surface area (Å²) in [6.07, 6.45) is 1.43. The molecule has 1 amide bonds. The van der Waals surface area contributed by atoms with Gasteiger partial charge in [0.05, 0.1) is 13.7 Å². The van der Waals surface area contributed by atoms with Crippen molar-refractivity contribution in [1.29, 1.82) is 0 Å². The number of aromatic nitrogens is 3. The summed E-state index contributed by atoms with van der Waals surface area (Å²) in [5.41, 5.74) is 2.10. The number of likely N-dealkylation sites (tertiary alicyclic amines) is 1. The van der Waals surface area contributed by atoms with Crippen molar-refractivity contribution in [1.82, 2.24) is 19.7 Å². The monoisotopic (exact) mass is 424 g/mol. The number of piperidine rings is 1. The number of H-pyrrole nitrogens is 1. The smallest absolute Gasteiger partial charge is 0.343 e. The molecule has 1 aromatic heterocycles. The number of carbonyl (C=O) groups is 1. The third-order valence-corrected chi connectivity index (χ3v) is 5.85.